The molecule has 0 aliphatic heterocycles. The van der Waals surface area contributed by atoms with Crippen molar-refractivity contribution in [3.63, 3.8) is 0 Å². The van der Waals surface area contributed by atoms with Crippen molar-refractivity contribution in [2.24, 2.45) is 0 Å². The summed E-state index contributed by atoms with van der Waals surface area (Å²) < 4.78 is 13.3. The Hall–Kier alpha value is 0.400. The Balaban J connectivity index is 4.39. The summed E-state index contributed by atoms with van der Waals surface area (Å²) in [6, 6.07) is 0. The van der Waals surface area contributed by atoms with Gasteiger partial charge in [0.15, 0.2) is 7.29 Å². The predicted molar refractivity (Wildman–Crippen MR) is 54.6 cm³/mol. The Labute approximate surface area is 75.3 Å². The SMILES string of the molecule is C/C=C\P(=O)(/C=C/I)NC. The van der Waals surface area contributed by atoms with Gasteiger partial charge in [0.25, 0.3) is 0 Å². The largest absolute Gasteiger partial charge is 0.298 e. The standard InChI is InChI=1S/C6H11INOP/c1-3-5-10(9,8-2)6-4-7/h3-6H,1-2H3,(H,8,9)/b5-3-,6-4+. The zero-order valence-electron chi connectivity index (χ0n) is 6.04. The first-order valence-corrected chi connectivity index (χ1v) is 5.98. The number of halogens is 1. The molecule has 1 atom stereocenters. The molecule has 0 radical (unpaired) electrons. The molecule has 0 bridgehead atoms. The molecule has 0 saturated heterocycles. The Kier molecular flexibility index (Phi) is 5.31. The van der Waals surface area contributed by atoms with Gasteiger partial charge in [0.05, 0.1) is 0 Å². The van der Waals surface area contributed by atoms with E-state index in [1.165, 1.54) is 0 Å². The van der Waals surface area contributed by atoms with Crippen LogP contribution in [0.5, 0.6) is 0 Å². The minimum atomic E-state index is -2.32. The monoisotopic (exact) mass is 271 g/mol. The molecule has 0 spiro atoms. The van der Waals surface area contributed by atoms with E-state index in [4.69, 9.17) is 0 Å². The van der Waals surface area contributed by atoms with E-state index in [1.807, 2.05) is 29.5 Å². The van der Waals surface area contributed by atoms with E-state index in [0.717, 1.165) is 0 Å². The molecule has 0 saturated carbocycles. The molecule has 0 aromatic rings. The molecule has 0 aliphatic carbocycles. The van der Waals surface area contributed by atoms with Gasteiger partial charge in [-0.25, -0.2) is 0 Å². The quantitative estimate of drug-likeness (QED) is 0.631. The summed E-state index contributed by atoms with van der Waals surface area (Å²) >= 11 is 2.05. The van der Waals surface area contributed by atoms with Crippen LogP contribution in [0.1, 0.15) is 6.92 Å². The topological polar surface area (TPSA) is 29.1 Å². The molecule has 0 amide bonds. The van der Waals surface area contributed by atoms with Crippen molar-refractivity contribution >= 4 is 29.9 Å². The van der Waals surface area contributed by atoms with Gasteiger partial charge < -0.3 is 0 Å². The second kappa shape index (κ2) is 5.10. The molecule has 10 heavy (non-hydrogen) atoms. The minimum Gasteiger partial charge on any atom is -0.298 e. The molecule has 4 heteroatoms. The highest BCUT2D eigenvalue weighted by molar-refractivity contribution is 14.1. The number of hydrogen-bond acceptors (Lipinski definition) is 1. The highest BCUT2D eigenvalue weighted by Crippen LogP contribution is 2.43. The zero-order chi connectivity index (χ0) is 8.04. The highest BCUT2D eigenvalue weighted by atomic mass is 127. The van der Waals surface area contributed by atoms with Crippen LogP contribution in [0.3, 0.4) is 0 Å². The van der Waals surface area contributed by atoms with Gasteiger partial charge >= 0.3 is 0 Å². The fourth-order valence-electron chi connectivity index (χ4n) is 0.504. The maximum Gasteiger partial charge on any atom is 0.190 e. The first kappa shape index (κ1) is 10.4. The zero-order valence-corrected chi connectivity index (χ0v) is 9.09. The smallest absolute Gasteiger partial charge is 0.190 e. The maximum atomic E-state index is 11.5. The van der Waals surface area contributed by atoms with Gasteiger partial charge in [-0.15, -0.1) is 0 Å². The molecular weight excluding hydrogens is 260 g/mol. The van der Waals surface area contributed by atoms with Crippen LogP contribution in [0.4, 0.5) is 0 Å². The summed E-state index contributed by atoms with van der Waals surface area (Å²) in [5, 5.41) is 2.76. The third-order valence-corrected chi connectivity index (χ3v) is 3.96. The molecular formula is C6H11INOP. The molecule has 0 heterocycles. The van der Waals surface area contributed by atoms with E-state index < -0.39 is 7.29 Å². The highest BCUT2D eigenvalue weighted by Gasteiger charge is 2.07. The van der Waals surface area contributed by atoms with Crippen LogP contribution in [0.25, 0.3) is 0 Å². The number of allylic oxidation sites excluding steroid dienone is 1. The van der Waals surface area contributed by atoms with Gasteiger partial charge in [-0.05, 0) is 29.7 Å². The van der Waals surface area contributed by atoms with Crippen LogP contribution in [0.15, 0.2) is 21.8 Å². The molecule has 0 aromatic carbocycles. The molecule has 0 rings (SSSR count). The third kappa shape index (κ3) is 3.54. The second-order valence-corrected chi connectivity index (χ2v) is 4.87. The summed E-state index contributed by atoms with van der Waals surface area (Å²) in [6.45, 7) is 1.85. The third-order valence-electron chi connectivity index (χ3n) is 0.998. The van der Waals surface area contributed by atoms with Crippen LogP contribution in [-0.4, -0.2) is 7.05 Å². The van der Waals surface area contributed by atoms with Crippen molar-refractivity contribution in [3.8, 4) is 0 Å². The lowest BCUT2D eigenvalue weighted by Gasteiger charge is -2.04. The average Bonchev–Trinajstić information content (AvgIpc) is 1.89. The first-order valence-electron chi connectivity index (χ1n) is 2.88. The van der Waals surface area contributed by atoms with E-state index in [2.05, 4.69) is 5.09 Å². The Morgan fingerprint density at radius 2 is 2.10 bits per heavy atom. The minimum absolute atomic E-state index is 1.67. The van der Waals surface area contributed by atoms with Crippen molar-refractivity contribution in [1.29, 1.82) is 0 Å². The van der Waals surface area contributed by atoms with E-state index >= 15 is 0 Å². The van der Waals surface area contributed by atoms with Crippen molar-refractivity contribution in [1.82, 2.24) is 5.09 Å². The van der Waals surface area contributed by atoms with Crippen LogP contribution >= 0.6 is 29.9 Å². The van der Waals surface area contributed by atoms with E-state index in [9.17, 15) is 4.57 Å². The van der Waals surface area contributed by atoms with Crippen LogP contribution in [0, 0.1) is 0 Å². The summed E-state index contributed by atoms with van der Waals surface area (Å²) in [7, 11) is -0.627. The first-order chi connectivity index (χ1) is 4.68. The fraction of sp³-hybridized carbons (Fsp3) is 0.333. The van der Waals surface area contributed by atoms with Crippen molar-refractivity contribution < 1.29 is 4.57 Å². The molecule has 0 aliphatic rings. The van der Waals surface area contributed by atoms with E-state index in [1.54, 1.807) is 28.8 Å². The molecule has 0 aromatic heterocycles. The van der Waals surface area contributed by atoms with Crippen molar-refractivity contribution in [2.75, 3.05) is 7.05 Å². The summed E-state index contributed by atoms with van der Waals surface area (Å²) in [5.41, 5.74) is 0. The second-order valence-electron chi connectivity index (χ2n) is 1.69. The molecule has 0 fully saturated rings. The lowest BCUT2D eigenvalue weighted by molar-refractivity contribution is 0.581. The Morgan fingerprint density at radius 1 is 1.50 bits per heavy atom. The van der Waals surface area contributed by atoms with Crippen LogP contribution < -0.4 is 5.09 Å². The van der Waals surface area contributed by atoms with Gasteiger partial charge in [-0.3, -0.25) is 9.65 Å². The Bertz CT molecular complexity index is 172. The summed E-state index contributed by atoms with van der Waals surface area (Å²) in [6.07, 6.45) is 1.79. The van der Waals surface area contributed by atoms with Crippen molar-refractivity contribution in [2.45, 2.75) is 6.92 Å². The lowest BCUT2D eigenvalue weighted by atomic mass is 10.8. The van der Waals surface area contributed by atoms with Gasteiger partial charge in [-0.1, -0.05) is 28.7 Å². The van der Waals surface area contributed by atoms with Crippen LogP contribution in [0.2, 0.25) is 0 Å². The summed E-state index contributed by atoms with van der Waals surface area (Å²) in [5.74, 6) is 3.36. The van der Waals surface area contributed by atoms with Gasteiger partial charge in [-0.2, -0.15) is 0 Å². The van der Waals surface area contributed by atoms with Gasteiger partial charge in [0, 0.05) is 0 Å². The number of hydrogen-bond donors (Lipinski definition) is 1. The normalized spacial score (nSPS) is 18.3. The van der Waals surface area contributed by atoms with E-state index in [0.29, 0.717) is 0 Å². The van der Waals surface area contributed by atoms with E-state index in [-0.39, 0.29) is 0 Å². The molecule has 2 nitrogen and oxygen atoms in total. The maximum absolute atomic E-state index is 11.5. The van der Waals surface area contributed by atoms with Crippen LogP contribution in [-0.2, 0) is 4.57 Å². The number of rotatable bonds is 3. The molecule has 58 valence electrons. The predicted octanol–water partition coefficient (Wildman–Crippen LogP) is 2.92. The average molecular weight is 271 g/mol. The molecule has 1 N–H and O–H groups in total. The lowest BCUT2D eigenvalue weighted by Crippen LogP contribution is -1.96. The van der Waals surface area contributed by atoms with Gasteiger partial charge in [0.1, 0.15) is 0 Å². The molecule has 1 unspecified atom stereocenters. The summed E-state index contributed by atoms with van der Waals surface area (Å²) in [4.78, 5) is 0. The van der Waals surface area contributed by atoms with Gasteiger partial charge in [0.2, 0.25) is 0 Å². The number of nitrogens with one attached hydrogen (secondary N) is 1. The van der Waals surface area contributed by atoms with Crippen molar-refractivity contribution in [3.05, 3.63) is 21.8 Å². The Morgan fingerprint density at radius 3 is 2.40 bits per heavy atom. The fourth-order valence-corrected chi connectivity index (χ4v) is 2.95.